The number of carbonyl (C=O) groups excluding carboxylic acids is 1. The van der Waals surface area contributed by atoms with Crippen molar-refractivity contribution in [3.05, 3.63) is 53.6 Å². The fourth-order valence-electron chi connectivity index (χ4n) is 3.95. The lowest BCUT2D eigenvalue weighted by Gasteiger charge is -2.25. The molecule has 4 rings (SSSR count). The lowest BCUT2D eigenvalue weighted by Crippen LogP contribution is -2.24. The van der Waals surface area contributed by atoms with Crippen LogP contribution in [0.4, 0.5) is 15.8 Å². The zero-order chi connectivity index (χ0) is 21.1. The minimum absolute atomic E-state index is 0.113. The van der Waals surface area contributed by atoms with Crippen molar-refractivity contribution in [3.8, 4) is 0 Å². The van der Waals surface area contributed by atoms with Gasteiger partial charge >= 0.3 is 0 Å². The van der Waals surface area contributed by atoms with E-state index in [1.165, 1.54) is 31.4 Å². The predicted octanol–water partition coefficient (Wildman–Crippen LogP) is 5.41. The molecule has 30 heavy (non-hydrogen) atoms. The monoisotopic (exact) mass is 410 g/mol. The second-order valence-corrected chi connectivity index (χ2v) is 7.85. The van der Waals surface area contributed by atoms with Crippen molar-refractivity contribution < 1.29 is 13.9 Å². The van der Waals surface area contributed by atoms with Gasteiger partial charge in [-0.1, -0.05) is 19.3 Å². The van der Waals surface area contributed by atoms with E-state index in [2.05, 4.69) is 20.6 Å². The molecule has 0 radical (unpaired) electrons. The Hall–Kier alpha value is -2.93. The van der Waals surface area contributed by atoms with Crippen LogP contribution in [0.25, 0.3) is 11.0 Å². The zero-order valence-corrected chi connectivity index (χ0v) is 17.3. The van der Waals surface area contributed by atoms with E-state index in [9.17, 15) is 9.18 Å². The normalized spacial score (nSPS) is 15.8. The van der Waals surface area contributed by atoms with E-state index in [4.69, 9.17) is 4.74 Å². The van der Waals surface area contributed by atoms with Crippen LogP contribution in [-0.2, 0) is 4.74 Å². The number of methoxy groups -OCH3 is 1. The van der Waals surface area contributed by atoms with E-state index in [1.54, 1.807) is 25.4 Å². The van der Waals surface area contributed by atoms with E-state index in [1.807, 2.05) is 13.0 Å². The summed E-state index contributed by atoms with van der Waals surface area (Å²) in [7, 11) is 1.66. The first-order valence-corrected chi connectivity index (χ1v) is 10.4. The van der Waals surface area contributed by atoms with E-state index >= 15 is 0 Å². The van der Waals surface area contributed by atoms with Gasteiger partial charge in [-0.25, -0.2) is 9.37 Å². The number of aromatic nitrogens is 2. The van der Waals surface area contributed by atoms with Crippen molar-refractivity contribution in [3.63, 3.8) is 0 Å². The van der Waals surface area contributed by atoms with Crippen LogP contribution in [0.1, 0.15) is 61.2 Å². The highest BCUT2D eigenvalue weighted by Crippen LogP contribution is 2.32. The van der Waals surface area contributed by atoms with Gasteiger partial charge in [0.1, 0.15) is 11.5 Å². The summed E-state index contributed by atoms with van der Waals surface area (Å²) in [6.07, 6.45) is 7.25. The largest absolute Gasteiger partial charge is 0.381 e. The fraction of sp³-hybridized carbons (Fsp3) is 0.391. The van der Waals surface area contributed by atoms with Gasteiger partial charge in [-0.2, -0.15) is 0 Å². The average molecular weight is 410 g/mol. The number of carbonyl (C=O) groups is 1. The van der Waals surface area contributed by atoms with Crippen LogP contribution in [0, 0.1) is 5.82 Å². The number of halogens is 1. The van der Waals surface area contributed by atoms with Crippen LogP contribution >= 0.6 is 0 Å². The van der Waals surface area contributed by atoms with Crippen LogP contribution in [0.5, 0.6) is 0 Å². The number of hydrogen-bond donors (Lipinski definition) is 3. The number of pyridine rings is 1. The number of amides is 1. The number of anilines is 2. The van der Waals surface area contributed by atoms with Gasteiger partial charge in [-0.15, -0.1) is 0 Å². The Balaban J connectivity index is 1.71. The van der Waals surface area contributed by atoms with Crippen molar-refractivity contribution in [2.45, 2.75) is 51.2 Å². The molecule has 0 saturated heterocycles. The lowest BCUT2D eigenvalue weighted by molar-refractivity contribution is 0.102. The highest BCUT2D eigenvalue weighted by molar-refractivity contribution is 6.12. The molecular weight excluding hydrogens is 383 g/mol. The highest BCUT2D eigenvalue weighted by atomic mass is 19.1. The summed E-state index contributed by atoms with van der Waals surface area (Å²) in [5, 5.41) is 7.33. The van der Waals surface area contributed by atoms with E-state index in [0.29, 0.717) is 22.9 Å². The van der Waals surface area contributed by atoms with E-state index in [-0.39, 0.29) is 17.8 Å². The maximum atomic E-state index is 13.2. The summed E-state index contributed by atoms with van der Waals surface area (Å²) in [4.78, 5) is 20.9. The number of ether oxygens (including phenoxy) is 1. The summed E-state index contributed by atoms with van der Waals surface area (Å²) in [6.45, 7) is 1.96. The molecule has 2 heterocycles. The van der Waals surface area contributed by atoms with Gasteiger partial charge in [0.2, 0.25) is 0 Å². The Morgan fingerprint density at radius 3 is 2.67 bits per heavy atom. The Labute approximate surface area is 175 Å². The number of H-pyrrole nitrogens is 1. The Morgan fingerprint density at radius 2 is 1.97 bits per heavy atom. The zero-order valence-electron chi connectivity index (χ0n) is 17.3. The molecule has 158 valence electrons. The van der Waals surface area contributed by atoms with Gasteiger partial charge in [-0.05, 0) is 50.1 Å². The van der Waals surface area contributed by atoms with Crippen LogP contribution in [0.15, 0.2) is 36.5 Å². The third kappa shape index (κ3) is 4.31. The number of benzene rings is 1. The molecule has 0 aliphatic heterocycles. The van der Waals surface area contributed by atoms with Crippen LogP contribution in [0.2, 0.25) is 0 Å². The summed E-state index contributed by atoms with van der Waals surface area (Å²) in [6, 6.07) is 8.05. The molecule has 0 bridgehead atoms. The first-order valence-electron chi connectivity index (χ1n) is 10.4. The van der Waals surface area contributed by atoms with Crippen LogP contribution in [-0.4, -0.2) is 29.0 Å². The number of fused-ring (bicyclic) bond motifs is 1. The predicted molar refractivity (Wildman–Crippen MR) is 116 cm³/mol. The quantitative estimate of drug-likeness (QED) is 0.508. The third-order valence-electron chi connectivity index (χ3n) is 5.77. The first-order chi connectivity index (χ1) is 14.5. The molecule has 0 spiro atoms. The lowest BCUT2D eigenvalue weighted by atomic mass is 9.95. The Bertz CT molecular complexity index is 1030. The van der Waals surface area contributed by atoms with E-state index < -0.39 is 0 Å². The average Bonchev–Trinajstić information content (AvgIpc) is 3.20. The molecule has 1 aromatic carbocycles. The smallest absolute Gasteiger partial charge is 0.259 e. The summed E-state index contributed by atoms with van der Waals surface area (Å²) in [5.41, 5.74) is 3.39. The molecule has 1 aliphatic rings. The molecule has 1 amide bonds. The fourth-order valence-corrected chi connectivity index (χ4v) is 3.95. The van der Waals surface area contributed by atoms with Crippen molar-refractivity contribution in [2.75, 3.05) is 17.7 Å². The summed E-state index contributed by atoms with van der Waals surface area (Å²) < 4.78 is 18.6. The summed E-state index contributed by atoms with van der Waals surface area (Å²) >= 11 is 0. The van der Waals surface area contributed by atoms with Crippen molar-refractivity contribution in [2.24, 2.45) is 0 Å². The molecule has 3 N–H and O–H groups in total. The van der Waals surface area contributed by atoms with Gasteiger partial charge in [0.05, 0.1) is 17.4 Å². The minimum atomic E-state index is -0.345. The number of nitrogens with zero attached hydrogens (tertiary/aromatic N) is 1. The van der Waals surface area contributed by atoms with Crippen molar-refractivity contribution in [1.29, 1.82) is 0 Å². The number of aromatic amines is 1. The van der Waals surface area contributed by atoms with Crippen LogP contribution < -0.4 is 10.6 Å². The van der Waals surface area contributed by atoms with Crippen LogP contribution in [0.3, 0.4) is 0 Å². The molecule has 2 aromatic heterocycles. The van der Waals surface area contributed by atoms with E-state index in [0.717, 1.165) is 29.6 Å². The molecular formula is C23H27FN4O2. The number of rotatable bonds is 6. The topological polar surface area (TPSA) is 79.0 Å². The van der Waals surface area contributed by atoms with Gasteiger partial charge in [0.15, 0.2) is 0 Å². The van der Waals surface area contributed by atoms with Gasteiger partial charge in [0, 0.05) is 36.1 Å². The van der Waals surface area contributed by atoms with Crippen molar-refractivity contribution in [1.82, 2.24) is 9.97 Å². The standard InChI is InChI=1S/C23H27FN4O2/c1-14(30-2)20-12-18-21(26-16-6-4-3-5-7-16)19(13-25-22(18)28-20)23(29)27-17-10-8-15(24)9-11-17/h8-14,16H,3-7H2,1-2H3,(H,27,29)(H2,25,26,28). The maximum Gasteiger partial charge on any atom is 0.259 e. The number of nitrogens with one attached hydrogen (secondary N) is 3. The van der Waals surface area contributed by atoms with Gasteiger partial charge in [0.25, 0.3) is 5.91 Å². The third-order valence-corrected chi connectivity index (χ3v) is 5.77. The molecule has 1 atom stereocenters. The molecule has 1 unspecified atom stereocenters. The maximum absolute atomic E-state index is 13.2. The van der Waals surface area contributed by atoms with Crippen molar-refractivity contribution >= 4 is 28.3 Å². The second-order valence-electron chi connectivity index (χ2n) is 7.85. The second kappa shape index (κ2) is 8.83. The minimum Gasteiger partial charge on any atom is -0.381 e. The molecule has 1 fully saturated rings. The molecule has 6 nitrogen and oxygen atoms in total. The Morgan fingerprint density at radius 1 is 1.23 bits per heavy atom. The molecule has 3 aromatic rings. The molecule has 1 saturated carbocycles. The number of hydrogen-bond acceptors (Lipinski definition) is 4. The Kier molecular flexibility index (Phi) is 5.99. The molecule has 1 aliphatic carbocycles. The molecule has 7 heteroatoms. The SMILES string of the molecule is COC(C)c1cc2c(NC3CCCCC3)c(C(=O)Nc3ccc(F)cc3)cnc2[nH]1. The highest BCUT2D eigenvalue weighted by Gasteiger charge is 2.22. The van der Waals surface area contributed by atoms with Gasteiger partial charge in [-0.3, -0.25) is 4.79 Å². The first kappa shape index (κ1) is 20.3. The summed E-state index contributed by atoms with van der Waals surface area (Å²) in [5.74, 6) is -0.625. The van der Waals surface area contributed by atoms with Gasteiger partial charge < -0.3 is 20.4 Å².